The summed E-state index contributed by atoms with van der Waals surface area (Å²) < 4.78 is 1.58. The van der Waals surface area contributed by atoms with Crippen molar-refractivity contribution in [3.8, 4) is 0 Å². The van der Waals surface area contributed by atoms with Crippen LogP contribution in [-0.4, -0.2) is 16.0 Å². The minimum Gasteiger partial charge on any atom is -0.346 e. The maximum Gasteiger partial charge on any atom is 0.268 e. The van der Waals surface area contributed by atoms with Gasteiger partial charge in [-0.25, -0.2) is 0 Å². The van der Waals surface area contributed by atoms with Crippen LogP contribution in [0.2, 0.25) is 10.2 Å². The van der Waals surface area contributed by atoms with Crippen molar-refractivity contribution in [2.24, 2.45) is 7.05 Å². The Labute approximate surface area is 112 Å². The number of aromatic nitrogens is 1. The van der Waals surface area contributed by atoms with Gasteiger partial charge in [0.05, 0.1) is 5.02 Å². The van der Waals surface area contributed by atoms with E-state index in [9.17, 15) is 4.79 Å². The molecule has 0 aromatic carbocycles. The van der Waals surface area contributed by atoms with Gasteiger partial charge in [0, 0.05) is 12.6 Å². The standard InChI is InChI=1S/C12H18Cl2N2O/c1-5-6-12(2,3)15-11(17)9-7-8(13)10(14)16(9)4/h7H,5-6H2,1-4H3,(H,15,17). The second-order valence-electron chi connectivity index (χ2n) is 4.82. The lowest BCUT2D eigenvalue weighted by Gasteiger charge is -2.25. The smallest absolute Gasteiger partial charge is 0.268 e. The number of hydrogen-bond donors (Lipinski definition) is 1. The van der Waals surface area contributed by atoms with Gasteiger partial charge in [-0.2, -0.15) is 0 Å². The molecule has 0 fully saturated rings. The molecule has 5 heteroatoms. The van der Waals surface area contributed by atoms with Crippen molar-refractivity contribution < 1.29 is 4.79 Å². The maximum atomic E-state index is 12.1. The van der Waals surface area contributed by atoms with E-state index in [4.69, 9.17) is 23.2 Å². The van der Waals surface area contributed by atoms with Crippen LogP contribution in [0.15, 0.2) is 6.07 Å². The molecule has 0 radical (unpaired) electrons. The predicted octanol–water partition coefficient (Wildman–Crippen LogP) is 3.64. The first-order chi connectivity index (χ1) is 7.78. The molecule has 1 rings (SSSR count). The summed E-state index contributed by atoms with van der Waals surface area (Å²) >= 11 is 11.8. The molecular formula is C12H18Cl2N2O. The molecule has 0 spiro atoms. The van der Waals surface area contributed by atoms with Crippen LogP contribution in [-0.2, 0) is 7.05 Å². The molecular weight excluding hydrogens is 259 g/mol. The number of nitrogens with one attached hydrogen (secondary N) is 1. The highest BCUT2D eigenvalue weighted by atomic mass is 35.5. The maximum absolute atomic E-state index is 12.1. The third-order valence-corrected chi connectivity index (χ3v) is 3.52. The summed E-state index contributed by atoms with van der Waals surface area (Å²) in [7, 11) is 1.72. The fourth-order valence-electron chi connectivity index (χ4n) is 1.82. The van der Waals surface area contributed by atoms with E-state index in [1.54, 1.807) is 17.7 Å². The summed E-state index contributed by atoms with van der Waals surface area (Å²) in [6, 6.07) is 1.58. The van der Waals surface area contributed by atoms with E-state index in [2.05, 4.69) is 12.2 Å². The molecule has 1 amide bonds. The van der Waals surface area contributed by atoms with E-state index >= 15 is 0 Å². The zero-order chi connectivity index (χ0) is 13.2. The highest BCUT2D eigenvalue weighted by molar-refractivity contribution is 6.41. The van der Waals surface area contributed by atoms with Crippen LogP contribution in [0.5, 0.6) is 0 Å². The third-order valence-electron chi connectivity index (χ3n) is 2.68. The van der Waals surface area contributed by atoms with Crippen LogP contribution in [0, 0.1) is 0 Å². The molecule has 0 unspecified atom stereocenters. The summed E-state index contributed by atoms with van der Waals surface area (Å²) in [5, 5.41) is 3.75. The molecule has 0 bridgehead atoms. The van der Waals surface area contributed by atoms with Crippen molar-refractivity contribution in [1.82, 2.24) is 9.88 Å². The quantitative estimate of drug-likeness (QED) is 0.895. The van der Waals surface area contributed by atoms with Gasteiger partial charge in [-0.15, -0.1) is 0 Å². The monoisotopic (exact) mass is 276 g/mol. The number of carbonyl (C=O) groups is 1. The van der Waals surface area contributed by atoms with Crippen molar-refractivity contribution >= 4 is 29.1 Å². The van der Waals surface area contributed by atoms with Gasteiger partial charge >= 0.3 is 0 Å². The molecule has 96 valence electrons. The van der Waals surface area contributed by atoms with Crippen LogP contribution in [0.3, 0.4) is 0 Å². The number of nitrogens with zero attached hydrogens (tertiary/aromatic N) is 1. The highest BCUT2D eigenvalue weighted by Crippen LogP contribution is 2.25. The Bertz CT molecular complexity index is 424. The molecule has 1 aromatic rings. The Balaban J connectivity index is 2.87. The van der Waals surface area contributed by atoms with E-state index in [1.165, 1.54) is 0 Å². The second-order valence-corrected chi connectivity index (χ2v) is 5.58. The van der Waals surface area contributed by atoms with E-state index in [0.29, 0.717) is 15.9 Å². The average molecular weight is 277 g/mol. The molecule has 3 nitrogen and oxygen atoms in total. The number of halogens is 2. The van der Waals surface area contributed by atoms with Crippen molar-refractivity contribution in [3.05, 3.63) is 21.9 Å². The Kier molecular flexibility index (Phi) is 4.50. The Morgan fingerprint density at radius 2 is 2.06 bits per heavy atom. The first kappa shape index (κ1) is 14.4. The van der Waals surface area contributed by atoms with Gasteiger partial charge < -0.3 is 9.88 Å². The largest absolute Gasteiger partial charge is 0.346 e. The Morgan fingerprint density at radius 3 is 2.47 bits per heavy atom. The number of rotatable bonds is 4. The van der Waals surface area contributed by atoms with Crippen molar-refractivity contribution in [3.63, 3.8) is 0 Å². The summed E-state index contributed by atoms with van der Waals surface area (Å²) in [6.45, 7) is 6.09. The van der Waals surface area contributed by atoms with Crippen molar-refractivity contribution in [1.29, 1.82) is 0 Å². The van der Waals surface area contributed by atoms with Crippen LogP contribution in [0.1, 0.15) is 44.1 Å². The van der Waals surface area contributed by atoms with Crippen LogP contribution in [0.25, 0.3) is 0 Å². The second kappa shape index (κ2) is 5.32. The Hall–Kier alpha value is -0.670. The van der Waals surface area contributed by atoms with E-state index in [-0.39, 0.29) is 11.4 Å². The first-order valence-electron chi connectivity index (χ1n) is 5.61. The summed E-state index contributed by atoms with van der Waals surface area (Å²) in [6.07, 6.45) is 1.94. The fourth-order valence-corrected chi connectivity index (χ4v) is 2.19. The molecule has 1 heterocycles. The van der Waals surface area contributed by atoms with Crippen molar-refractivity contribution in [2.45, 2.75) is 39.2 Å². The van der Waals surface area contributed by atoms with E-state index < -0.39 is 0 Å². The zero-order valence-corrected chi connectivity index (χ0v) is 12.1. The fraction of sp³-hybridized carbons (Fsp3) is 0.583. The van der Waals surface area contributed by atoms with Crippen LogP contribution < -0.4 is 5.32 Å². The lowest BCUT2D eigenvalue weighted by Crippen LogP contribution is -2.43. The van der Waals surface area contributed by atoms with Gasteiger partial charge in [-0.1, -0.05) is 36.5 Å². The predicted molar refractivity (Wildman–Crippen MR) is 71.9 cm³/mol. The molecule has 0 aliphatic rings. The molecule has 0 saturated heterocycles. The average Bonchev–Trinajstić information content (AvgIpc) is 2.45. The van der Waals surface area contributed by atoms with Gasteiger partial charge in [0.2, 0.25) is 0 Å². The van der Waals surface area contributed by atoms with Gasteiger partial charge in [0.1, 0.15) is 10.8 Å². The van der Waals surface area contributed by atoms with Gasteiger partial charge in [-0.05, 0) is 26.3 Å². The lowest BCUT2D eigenvalue weighted by atomic mass is 9.99. The van der Waals surface area contributed by atoms with Crippen LogP contribution >= 0.6 is 23.2 Å². The van der Waals surface area contributed by atoms with Gasteiger partial charge in [0.15, 0.2) is 0 Å². The van der Waals surface area contributed by atoms with Crippen molar-refractivity contribution in [2.75, 3.05) is 0 Å². The topological polar surface area (TPSA) is 34.0 Å². The first-order valence-corrected chi connectivity index (χ1v) is 6.37. The molecule has 0 saturated carbocycles. The minimum absolute atomic E-state index is 0.153. The van der Waals surface area contributed by atoms with E-state index in [1.807, 2.05) is 13.8 Å². The normalized spacial score (nSPS) is 11.6. The molecule has 0 aliphatic heterocycles. The molecule has 0 aliphatic carbocycles. The van der Waals surface area contributed by atoms with Crippen LogP contribution in [0.4, 0.5) is 0 Å². The SMILES string of the molecule is CCCC(C)(C)NC(=O)c1cc(Cl)c(Cl)n1C. The molecule has 17 heavy (non-hydrogen) atoms. The summed E-state index contributed by atoms with van der Waals surface area (Å²) in [4.78, 5) is 12.1. The number of hydrogen-bond acceptors (Lipinski definition) is 1. The molecule has 1 N–H and O–H groups in total. The molecule has 0 atom stereocenters. The molecule has 1 aromatic heterocycles. The van der Waals surface area contributed by atoms with Gasteiger partial charge in [0.25, 0.3) is 5.91 Å². The van der Waals surface area contributed by atoms with E-state index in [0.717, 1.165) is 12.8 Å². The lowest BCUT2D eigenvalue weighted by molar-refractivity contribution is 0.0900. The zero-order valence-electron chi connectivity index (χ0n) is 10.6. The van der Waals surface area contributed by atoms with Gasteiger partial charge in [-0.3, -0.25) is 4.79 Å². The number of amides is 1. The highest BCUT2D eigenvalue weighted by Gasteiger charge is 2.23. The summed E-state index contributed by atoms with van der Waals surface area (Å²) in [5.41, 5.74) is 0.249. The number of carbonyl (C=O) groups excluding carboxylic acids is 1. The summed E-state index contributed by atoms with van der Waals surface area (Å²) in [5.74, 6) is -0.153. The minimum atomic E-state index is -0.227. The third kappa shape index (κ3) is 3.39. The Morgan fingerprint density at radius 1 is 1.47 bits per heavy atom.